The number of para-hydroxylation sites is 1. The summed E-state index contributed by atoms with van der Waals surface area (Å²) in [7, 11) is 1.58. The molecule has 9 nitrogen and oxygen atoms in total. The van der Waals surface area contributed by atoms with Crippen LogP contribution < -0.4 is 14.5 Å². The molecule has 0 aliphatic carbocycles. The fourth-order valence-corrected chi connectivity index (χ4v) is 5.43. The van der Waals surface area contributed by atoms with Gasteiger partial charge in [0.2, 0.25) is 0 Å². The normalized spacial score (nSPS) is 13.5. The Hall–Kier alpha value is -4.05. The lowest BCUT2D eigenvalue weighted by Gasteiger charge is -2.28. The van der Waals surface area contributed by atoms with Gasteiger partial charge in [0.25, 0.3) is 11.6 Å². The summed E-state index contributed by atoms with van der Waals surface area (Å²) in [5.74, 6) is 0.246. The molecule has 0 atom stereocenters. The second-order valence-electron chi connectivity index (χ2n) is 8.56. The van der Waals surface area contributed by atoms with Crippen LogP contribution in [0.15, 0.2) is 60.9 Å². The zero-order chi connectivity index (χ0) is 25.1. The molecule has 2 aromatic heterocycles. The van der Waals surface area contributed by atoms with Crippen molar-refractivity contribution in [3.63, 3.8) is 0 Å². The van der Waals surface area contributed by atoms with Crippen molar-refractivity contribution in [1.82, 2.24) is 9.97 Å². The number of benzene rings is 2. The maximum atomic E-state index is 13.8. The summed E-state index contributed by atoms with van der Waals surface area (Å²) >= 11 is 1.37. The number of hydrogen-bond acceptors (Lipinski definition) is 8. The van der Waals surface area contributed by atoms with E-state index in [1.54, 1.807) is 42.6 Å². The lowest BCUT2D eigenvalue weighted by molar-refractivity contribution is -0.384. The number of piperidine rings is 1. The number of ether oxygens (including phenoxy) is 1. The summed E-state index contributed by atoms with van der Waals surface area (Å²) in [6.07, 6.45) is 6.48. The van der Waals surface area contributed by atoms with Crippen LogP contribution in [0.1, 0.15) is 35.2 Å². The van der Waals surface area contributed by atoms with Crippen molar-refractivity contribution in [2.45, 2.75) is 25.8 Å². The van der Waals surface area contributed by atoms with Gasteiger partial charge in [0.15, 0.2) is 5.13 Å². The molecule has 10 heteroatoms. The third-order valence-electron chi connectivity index (χ3n) is 6.25. The van der Waals surface area contributed by atoms with Crippen LogP contribution in [0.25, 0.3) is 10.2 Å². The predicted molar refractivity (Wildman–Crippen MR) is 140 cm³/mol. The molecule has 1 aliphatic rings. The van der Waals surface area contributed by atoms with Crippen LogP contribution in [0.5, 0.6) is 5.75 Å². The third kappa shape index (κ3) is 4.72. The first kappa shape index (κ1) is 23.7. The molecule has 1 amide bonds. The first-order valence-electron chi connectivity index (χ1n) is 11.7. The summed E-state index contributed by atoms with van der Waals surface area (Å²) in [5.41, 5.74) is 2.21. The highest BCUT2D eigenvalue weighted by atomic mass is 32.1. The number of pyridine rings is 1. The molecular weight excluding hydrogens is 478 g/mol. The lowest BCUT2D eigenvalue weighted by Crippen LogP contribution is -2.31. The Bertz CT molecular complexity index is 1400. The zero-order valence-corrected chi connectivity index (χ0v) is 20.6. The molecule has 4 aromatic rings. The molecule has 1 aliphatic heterocycles. The van der Waals surface area contributed by atoms with Crippen LogP contribution in [0, 0.1) is 10.1 Å². The van der Waals surface area contributed by atoms with E-state index in [9.17, 15) is 14.9 Å². The van der Waals surface area contributed by atoms with E-state index in [0.29, 0.717) is 22.1 Å². The average molecular weight is 504 g/mol. The lowest BCUT2D eigenvalue weighted by atomic mass is 10.1. The molecule has 36 heavy (non-hydrogen) atoms. The highest BCUT2D eigenvalue weighted by molar-refractivity contribution is 7.22. The predicted octanol–water partition coefficient (Wildman–Crippen LogP) is 5.45. The molecule has 5 rings (SSSR count). The Balaban J connectivity index is 1.56. The van der Waals surface area contributed by atoms with Crippen LogP contribution in [0.3, 0.4) is 0 Å². The van der Waals surface area contributed by atoms with E-state index in [0.717, 1.165) is 42.6 Å². The van der Waals surface area contributed by atoms with Crippen molar-refractivity contribution in [3.05, 3.63) is 82.2 Å². The molecular formula is C26H25N5O4S. The molecule has 0 radical (unpaired) electrons. The van der Waals surface area contributed by atoms with Gasteiger partial charge < -0.3 is 9.64 Å². The Kier molecular flexibility index (Phi) is 6.77. The van der Waals surface area contributed by atoms with Gasteiger partial charge in [0.1, 0.15) is 17.0 Å². The van der Waals surface area contributed by atoms with Crippen molar-refractivity contribution < 1.29 is 14.5 Å². The first-order valence-corrected chi connectivity index (χ1v) is 12.5. The van der Waals surface area contributed by atoms with Crippen molar-refractivity contribution in [3.8, 4) is 5.75 Å². The summed E-state index contributed by atoms with van der Waals surface area (Å²) in [4.78, 5) is 37.9. The number of nitro benzene ring substituents is 1. The van der Waals surface area contributed by atoms with Crippen molar-refractivity contribution in [2.75, 3.05) is 30.0 Å². The summed E-state index contributed by atoms with van der Waals surface area (Å²) in [5, 5.41) is 12.5. The van der Waals surface area contributed by atoms with Crippen molar-refractivity contribution >= 4 is 44.0 Å². The fourth-order valence-electron chi connectivity index (χ4n) is 4.45. The number of thiazole rings is 1. The maximum Gasteiger partial charge on any atom is 0.293 e. The number of nitrogens with zero attached hydrogens (tertiary/aromatic N) is 5. The van der Waals surface area contributed by atoms with Crippen LogP contribution >= 0.6 is 11.3 Å². The van der Waals surface area contributed by atoms with Gasteiger partial charge in [0.05, 0.1) is 23.3 Å². The van der Waals surface area contributed by atoms with Crippen LogP contribution in [0.2, 0.25) is 0 Å². The number of carbonyl (C=O) groups excluding carboxylic acids is 1. The van der Waals surface area contributed by atoms with E-state index in [1.807, 2.05) is 29.2 Å². The standard InChI is InChI=1S/C26H25N5O4S/c1-35-22-8-5-9-23-24(22)28-26(36-23)30(17-18-7-6-12-27-16-18)25(32)19-10-11-20(21(15-19)31(33)34)29-13-3-2-4-14-29/h5-12,15-16H,2-4,13-14,17H2,1H3. The molecule has 184 valence electrons. The van der Waals surface area contributed by atoms with E-state index < -0.39 is 4.92 Å². The molecule has 0 N–H and O–H groups in total. The second kappa shape index (κ2) is 10.3. The van der Waals surface area contributed by atoms with Crippen LogP contribution in [-0.4, -0.2) is 41.0 Å². The Morgan fingerprint density at radius 3 is 2.72 bits per heavy atom. The molecule has 0 unspecified atom stereocenters. The summed E-state index contributed by atoms with van der Waals surface area (Å²) in [6, 6.07) is 14.0. The zero-order valence-electron chi connectivity index (χ0n) is 19.8. The fraction of sp³-hybridized carbons (Fsp3) is 0.269. The number of carbonyl (C=O) groups is 1. The second-order valence-corrected chi connectivity index (χ2v) is 9.57. The molecule has 0 saturated carbocycles. The number of hydrogen-bond donors (Lipinski definition) is 0. The van der Waals surface area contributed by atoms with Crippen molar-refractivity contribution in [2.24, 2.45) is 0 Å². The van der Waals surface area contributed by atoms with Gasteiger partial charge in [-0.25, -0.2) is 4.98 Å². The van der Waals surface area contributed by atoms with Gasteiger partial charge >= 0.3 is 0 Å². The van der Waals surface area contributed by atoms with Gasteiger partial charge in [-0.2, -0.15) is 0 Å². The largest absolute Gasteiger partial charge is 0.494 e. The minimum atomic E-state index is -0.408. The van der Waals surface area contributed by atoms with Gasteiger partial charge in [-0.05, 0) is 55.2 Å². The minimum Gasteiger partial charge on any atom is -0.494 e. The number of nitro groups is 1. The third-order valence-corrected chi connectivity index (χ3v) is 7.29. The number of methoxy groups -OCH3 is 1. The van der Waals surface area contributed by atoms with E-state index >= 15 is 0 Å². The summed E-state index contributed by atoms with van der Waals surface area (Å²) in [6.45, 7) is 1.76. The van der Waals surface area contributed by atoms with Gasteiger partial charge in [0, 0.05) is 37.1 Å². The summed E-state index contributed by atoms with van der Waals surface area (Å²) < 4.78 is 6.32. The quantitative estimate of drug-likeness (QED) is 0.244. The van der Waals surface area contributed by atoms with Crippen LogP contribution in [0.4, 0.5) is 16.5 Å². The molecule has 0 bridgehead atoms. The SMILES string of the molecule is COc1cccc2sc(N(Cc3cccnc3)C(=O)c3ccc(N4CCCCC4)c([N+](=O)[O-])c3)nc12. The maximum absolute atomic E-state index is 13.8. The first-order chi connectivity index (χ1) is 17.5. The number of fused-ring (bicyclic) bond motifs is 1. The Morgan fingerprint density at radius 2 is 2.00 bits per heavy atom. The molecule has 1 saturated heterocycles. The number of anilines is 2. The van der Waals surface area contributed by atoms with Gasteiger partial charge in [-0.3, -0.25) is 24.8 Å². The van der Waals surface area contributed by atoms with E-state index in [4.69, 9.17) is 9.72 Å². The molecule has 3 heterocycles. The number of amides is 1. The molecule has 0 spiro atoms. The van der Waals surface area contributed by atoms with Crippen molar-refractivity contribution in [1.29, 1.82) is 0 Å². The van der Waals surface area contributed by atoms with Gasteiger partial charge in [-0.15, -0.1) is 0 Å². The Labute approximate surface area is 212 Å². The highest BCUT2D eigenvalue weighted by Gasteiger charge is 2.27. The Morgan fingerprint density at radius 1 is 1.17 bits per heavy atom. The molecule has 2 aromatic carbocycles. The molecule has 1 fully saturated rings. The van der Waals surface area contributed by atoms with E-state index in [2.05, 4.69) is 4.98 Å². The minimum absolute atomic E-state index is 0.0601. The monoisotopic (exact) mass is 503 g/mol. The highest BCUT2D eigenvalue weighted by Crippen LogP contribution is 2.36. The number of aromatic nitrogens is 2. The number of rotatable bonds is 7. The smallest absolute Gasteiger partial charge is 0.293 e. The van der Waals surface area contributed by atoms with E-state index in [-0.39, 0.29) is 23.7 Å². The average Bonchev–Trinajstić information content (AvgIpc) is 3.36. The van der Waals surface area contributed by atoms with E-state index in [1.165, 1.54) is 17.4 Å². The van der Waals surface area contributed by atoms with Gasteiger partial charge in [-0.1, -0.05) is 23.5 Å². The van der Waals surface area contributed by atoms with Crippen LogP contribution in [-0.2, 0) is 6.54 Å². The topological polar surface area (TPSA) is 102 Å².